The molecule has 1 aliphatic rings. The molecule has 1 heterocycles. The van der Waals surface area contributed by atoms with Gasteiger partial charge in [0, 0.05) is 0 Å². The summed E-state index contributed by atoms with van der Waals surface area (Å²) in [5, 5.41) is 9.92. The first-order valence-corrected chi connectivity index (χ1v) is 4.85. The summed E-state index contributed by atoms with van der Waals surface area (Å²) in [6, 6.07) is 0. The lowest BCUT2D eigenvalue weighted by Crippen LogP contribution is -2.49. The highest BCUT2D eigenvalue weighted by molar-refractivity contribution is 5.06. The minimum atomic E-state index is -0.482. The zero-order chi connectivity index (χ0) is 10.1. The van der Waals surface area contributed by atoms with Gasteiger partial charge in [0.1, 0.15) is 5.60 Å². The maximum Gasteiger partial charge on any atom is 0.109 e. The fourth-order valence-corrected chi connectivity index (χ4v) is 1.72. The largest absolute Gasteiger partial charge is 0.390 e. The van der Waals surface area contributed by atoms with Crippen LogP contribution in [-0.2, 0) is 4.74 Å². The van der Waals surface area contributed by atoms with Crippen LogP contribution < -0.4 is 0 Å². The van der Waals surface area contributed by atoms with Crippen molar-refractivity contribution in [2.45, 2.75) is 45.8 Å². The van der Waals surface area contributed by atoms with Crippen molar-refractivity contribution in [3.05, 3.63) is 12.2 Å². The van der Waals surface area contributed by atoms with Crippen molar-refractivity contribution in [2.75, 3.05) is 6.61 Å². The molecule has 76 valence electrons. The highest BCUT2D eigenvalue weighted by Crippen LogP contribution is 2.36. The van der Waals surface area contributed by atoms with E-state index in [0.29, 0.717) is 6.61 Å². The van der Waals surface area contributed by atoms with Crippen molar-refractivity contribution >= 4 is 0 Å². The molecule has 0 saturated carbocycles. The van der Waals surface area contributed by atoms with Crippen LogP contribution >= 0.6 is 0 Å². The number of allylic oxidation sites excluding steroid dienone is 1. The van der Waals surface area contributed by atoms with Gasteiger partial charge >= 0.3 is 0 Å². The van der Waals surface area contributed by atoms with Crippen LogP contribution in [0.1, 0.15) is 34.1 Å². The fraction of sp³-hybridized carbons (Fsp3) is 0.818. The second kappa shape index (κ2) is 3.43. The third-order valence-corrected chi connectivity index (χ3v) is 2.68. The normalized spacial score (nSPS) is 39.6. The molecule has 0 aromatic carbocycles. The van der Waals surface area contributed by atoms with Crippen LogP contribution in [0.5, 0.6) is 0 Å². The third-order valence-electron chi connectivity index (χ3n) is 2.68. The summed E-state index contributed by atoms with van der Waals surface area (Å²) in [6.07, 6.45) is 4.27. The molecule has 0 aromatic heterocycles. The van der Waals surface area contributed by atoms with Gasteiger partial charge in [0.2, 0.25) is 0 Å². The molecule has 1 N–H and O–H groups in total. The zero-order valence-corrected chi connectivity index (χ0v) is 9.00. The molecule has 2 unspecified atom stereocenters. The smallest absolute Gasteiger partial charge is 0.109 e. The Morgan fingerprint density at radius 1 is 1.38 bits per heavy atom. The van der Waals surface area contributed by atoms with Gasteiger partial charge in [-0.25, -0.2) is 0 Å². The lowest BCUT2D eigenvalue weighted by molar-refractivity contribution is -0.157. The highest BCUT2D eigenvalue weighted by Gasteiger charge is 2.41. The summed E-state index contributed by atoms with van der Waals surface area (Å²) < 4.78 is 5.70. The Kier molecular flexibility index (Phi) is 2.83. The Labute approximate surface area is 80.6 Å². The van der Waals surface area contributed by atoms with Gasteiger partial charge in [-0.15, -0.1) is 0 Å². The summed E-state index contributed by atoms with van der Waals surface area (Å²) in [5.74, 6) is 0. The van der Waals surface area contributed by atoms with E-state index >= 15 is 0 Å². The molecule has 2 heteroatoms. The Morgan fingerprint density at radius 3 is 2.46 bits per heavy atom. The van der Waals surface area contributed by atoms with Crippen LogP contribution in [0.3, 0.4) is 0 Å². The average Bonchev–Trinajstić information content (AvgIpc) is 1.99. The maximum absolute atomic E-state index is 9.92. The fourth-order valence-electron chi connectivity index (χ4n) is 1.72. The van der Waals surface area contributed by atoms with E-state index in [0.717, 1.165) is 6.42 Å². The molecule has 2 nitrogen and oxygen atoms in total. The Balaban J connectivity index is 2.73. The van der Waals surface area contributed by atoms with Crippen LogP contribution in [-0.4, -0.2) is 23.4 Å². The van der Waals surface area contributed by atoms with Crippen LogP contribution in [0.25, 0.3) is 0 Å². The van der Waals surface area contributed by atoms with Gasteiger partial charge in [-0.1, -0.05) is 26.0 Å². The van der Waals surface area contributed by atoms with Crippen molar-refractivity contribution in [3.63, 3.8) is 0 Å². The number of rotatable bonds is 1. The van der Waals surface area contributed by atoms with E-state index in [-0.39, 0.29) is 5.41 Å². The molecule has 0 bridgehead atoms. The van der Waals surface area contributed by atoms with Crippen LogP contribution in [0.2, 0.25) is 0 Å². The Morgan fingerprint density at radius 2 is 2.00 bits per heavy atom. The van der Waals surface area contributed by atoms with E-state index in [1.54, 1.807) is 0 Å². The molecule has 2 atom stereocenters. The van der Waals surface area contributed by atoms with E-state index in [4.69, 9.17) is 4.74 Å². The molecule has 0 aliphatic carbocycles. The summed E-state index contributed by atoms with van der Waals surface area (Å²) >= 11 is 0. The summed E-state index contributed by atoms with van der Waals surface area (Å²) in [5.41, 5.74) is -0.384. The molecule has 1 rings (SSSR count). The van der Waals surface area contributed by atoms with Gasteiger partial charge in [0.05, 0.1) is 12.7 Å². The van der Waals surface area contributed by atoms with E-state index in [1.807, 2.05) is 26.0 Å². The summed E-state index contributed by atoms with van der Waals surface area (Å²) in [7, 11) is 0. The SMILES string of the molecule is C/C=C/C1(C)OCC(C)(C)CC1O. The van der Waals surface area contributed by atoms with Crippen LogP contribution in [0.15, 0.2) is 12.2 Å². The monoisotopic (exact) mass is 184 g/mol. The number of aliphatic hydroxyl groups excluding tert-OH is 1. The van der Waals surface area contributed by atoms with Crippen molar-refractivity contribution in [1.82, 2.24) is 0 Å². The van der Waals surface area contributed by atoms with Crippen molar-refractivity contribution in [2.24, 2.45) is 5.41 Å². The van der Waals surface area contributed by atoms with E-state index in [9.17, 15) is 5.11 Å². The van der Waals surface area contributed by atoms with Crippen molar-refractivity contribution in [1.29, 1.82) is 0 Å². The quantitative estimate of drug-likeness (QED) is 0.633. The highest BCUT2D eigenvalue weighted by atomic mass is 16.5. The minimum Gasteiger partial charge on any atom is -0.390 e. The predicted octanol–water partition coefficient (Wildman–Crippen LogP) is 2.13. The number of hydrogen-bond donors (Lipinski definition) is 1. The predicted molar refractivity (Wildman–Crippen MR) is 53.6 cm³/mol. The lowest BCUT2D eigenvalue weighted by Gasteiger charge is -2.43. The summed E-state index contributed by atoms with van der Waals surface area (Å²) in [4.78, 5) is 0. The van der Waals surface area contributed by atoms with Gasteiger partial charge in [0.15, 0.2) is 0 Å². The van der Waals surface area contributed by atoms with Gasteiger partial charge in [-0.2, -0.15) is 0 Å². The third kappa shape index (κ3) is 2.32. The first-order valence-electron chi connectivity index (χ1n) is 4.85. The molecular weight excluding hydrogens is 164 g/mol. The second-order valence-corrected chi connectivity index (χ2v) is 4.86. The van der Waals surface area contributed by atoms with E-state index in [1.165, 1.54) is 0 Å². The number of ether oxygens (including phenoxy) is 1. The molecule has 1 saturated heterocycles. The van der Waals surface area contributed by atoms with Gasteiger partial charge in [-0.3, -0.25) is 0 Å². The zero-order valence-electron chi connectivity index (χ0n) is 9.00. The number of hydrogen-bond acceptors (Lipinski definition) is 2. The van der Waals surface area contributed by atoms with Crippen molar-refractivity contribution in [3.8, 4) is 0 Å². The maximum atomic E-state index is 9.92. The molecule has 0 radical (unpaired) electrons. The topological polar surface area (TPSA) is 29.5 Å². The molecule has 0 amide bonds. The minimum absolute atomic E-state index is 0.0977. The molecule has 1 fully saturated rings. The standard InChI is InChI=1S/C11H20O2/c1-5-6-11(4)9(12)7-10(2,3)8-13-11/h5-6,9,12H,7-8H2,1-4H3/b6-5+. The molecule has 0 spiro atoms. The first-order chi connectivity index (χ1) is 5.90. The number of aliphatic hydroxyl groups is 1. The molecular formula is C11H20O2. The van der Waals surface area contributed by atoms with Gasteiger partial charge < -0.3 is 9.84 Å². The van der Waals surface area contributed by atoms with E-state index < -0.39 is 11.7 Å². The van der Waals surface area contributed by atoms with Crippen LogP contribution in [0.4, 0.5) is 0 Å². The average molecular weight is 184 g/mol. The molecule has 13 heavy (non-hydrogen) atoms. The van der Waals surface area contributed by atoms with Crippen LogP contribution in [0, 0.1) is 5.41 Å². The van der Waals surface area contributed by atoms with Crippen molar-refractivity contribution < 1.29 is 9.84 Å². The second-order valence-electron chi connectivity index (χ2n) is 4.86. The molecule has 1 aliphatic heterocycles. The van der Waals surface area contributed by atoms with E-state index in [2.05, 4.69) is 13.8 Å². The van der Waals surface area contributed by atoms with Gasteiger partial charge in [-0.05, 0) is 25.7 Å². The molecule has 0 aromatic rings. The first kappa shape index (κ1) is 10.7. The Hall–Kier alpha value is -0.340. The van der Waals surface area contributed by atoms with Gasteiger partial charge in [0.25, 0.3) is 0 Å². The lowest BCUT2D eigenvalue weighted by atomic mass is 9.79. The summed E-state index contributed by atoms with van der Waals surface area (Å²) in [6.45, 7) is 8.83. The Bertz CT molecular complexity index is 208.